The van der Waals surface area contributed by atoms with Crippen molar-refractivity contribution < 1.29 is 23.9 Å². The first-order valence-electron chi connectivity index (χ1n) is 6.20. The molecule has 0 bridgehead atoms. The van der Waals surface area contributed by atoms with E-state index < -0.39 is 23.5 Å². The van der Waals surface area contributed by atoms with Gasteiger partial charge in [-0.2, -0.15) is 0 Å². The van der Waals surface area contributed by atoms with Crippen molar-refractivity contribution in [1.29, 1.82) is 0 Å². The van der Waals surface area contributed by atoms with Crippen molar-refractivity contribution in [1.82, 2.24) is 0 Å². The molecule has 0 aliphatic rings. The van der Waals surface area contributed by atoms with Crippen LogP contribution in [0, 0.1) is 5.92 Å². The zero-order valence-corrected chi connectivity index (χ0v) is 11.6. The van der Waals surface area contributed by atoms with Gasteiger partial charge in [0.1, 0.15) is 0 Å². The van der Waals surface area contributed by atoms with Gasteiger partial charge >= 0.3 is 5.97 Å². The molecular weight excluding hydrogens is 260 g/mol. The molecule has 0 aromatic heterocycles. The van der Waals surface area contributed by atoms with Crippen LogP contribution in [0.5, 0.6) is 0 Å². The highest BCUT2D eigenvalue weighted by Gasteiger charge is 2.33. The largest absolute Gasteiger partial charge is 0.465 e. The van der Waals surface area contributed by atoms with Crippen LogP contribution in [0.2, 0.25) is 0 Å². The molecule has 1 aromatic carbocycles. The number of Topliss-reactive ketones (excluding diaryl/α,β-unsaturated/α-hetero) is 3. The first kappa shape index (κ1) is 15.8. The third-order valence-corrected chi connectivity index (χ3v) is 2.77. The first-order valence-corrected chi connectivity index (χ1v) is 6.20. The summed E-state index contributed by atoms with van der Waals surface area (Å²) >= 11 is 0. The Morgan fingerprint density at radius 2 is 1.50 bits per heavy atom. The van der Waals surface area contributed by atoms with Crippen LogP contribution in [0.3, 0.4) is 0 Å². The Balaban J connectivity index is 3.03. The predicted molar refractivity (Wildman–Crippen MR) is 71.6 cm³/mol. The van der Waals surface area contributed by atoms with Gasteiger partial charge in [-0.05, 0) is 20.8 Å². The lowest BCUT2D eigenvalue weighted by atomic mass is 9.93. The molecule has 0 spiro atoms. The van der Waals surface area contributed by atoms with Crippen molar-refractivity contribution in [2.45, 2.75) is 20.8 Å². The van der Waals surface area contributed by atoms with Gasteiger partial charge in [0.15, 0.2) is 23.3 Å². The van der Waals surface area contributed by atoms with E-state index in [9.17, 15) is 19.2 Å². The van der Waals surface area contributed by atoms with E-state index in [1.54, 1.807) is 6.92 Å². The van der Waals surface area contributed by atoms with E-state index in [1.165, 1.54) is 38.1 Å². The fourth-order valence-electron chi connectivity index (χ4n) is 1.72. The van der Waals surface area contributed by atoms with Crippen LogP contribution in [-0.2, 0) is 14.3 Å². The summed E-state index contributed by atoms with van der Waals surface area (Å²) in [6, 6.07) is 5.82. The van der Waals surface area contributed by atoms with E-state index in [-0.39, 0.29) is 18.0 Å². The number of hydrogen-bond acceptors (Lipinski definition) is 5. The second kappa shape index (κ2) is 6.75. The minimum Gasteiger partial charge on any atom is -0.465 e. The average molecular weight is 276 g/mol. The standard InChI is InChI=1S/C15H16O5/c1-4-20-15(19)13(10(3)17)14(18)12-7-5-11(6-8-12)9(2)16/h5-8,13H,4H2,1-3H3. The van der Waals surface area contributed by atoms with Gasteiger partial charge in [0, 0.05) is 11.1 Å². The molecular formula is C15H16O5. The molecule has 0 saturated heterocycles. The fourth-order valence-corrected chi connectivity index (χ4v) is 1.72. The van der Waals surface area contributed by atoms with Gasteiger partial charge in [0.05, 0.1) is 6.61 Å². The molecule has 0 saturated carbocycles. The van der Waals surface area contributed by atoms with Crippen LogP contribution in [-0.4, -0.2) is 29.9 Å². The maximum atomic E-state index is 12.2. The van der Waals surface area contributed by atoms with Crippen molar-refractivity contribution in [2.75, 3.05) is 6.61 Å². The SMILES string of the molecule is CCOC(=O)C(C(C)=O)C(=O)c1ccc(C(C)=O)cc1. The molecule has 0 amide bonds. The third kappa shape index (κ3) is 3.60. The van der Waals surface area contributed by atoms with E-state index in [4.69, 9.17) is 4.74 Å². The number of ether oxygens (including phenoxy) is 1. The molecule has 0 N–H and O–H groups in total. The van der Waals surface area contributed by atoms with Gasteiger partial charge in [-0.15, -0.1) is 0 Å². The van der Waals surface area contributed by atoms with E-state index in [0.29, 0.717) is 5.56 Å². The zero-order chi connectivity index (χ0) is 15.3. The van der Waals surface area contributed by atoms with Crippen LogP contribution < -0.4 is 0 Å². The van der Waals surface area contributed by atoms with Crippen molar-refractivity contribution in [2.24, 2.45) is 5.92 Å². The molecule has 1 atom stereocenters. The topological polar surface area (TPSA) is 77.5 Å². The number of carbonyl (C=O) groups is 4. The molecule has 0 aliphatic heterocycles. The smallest absolute Gasteiger partial charge is 0.324 e. The highest BCUT2D eigenvalue weighted by molar-refractivity contribution is 6.22. The Labute approximate surface area is 116 Å². The Hall–Kier alpha value is -2.30. The Morgan fingerprint density at radius 1 is 1.00 bits per heavy atom. The van der Waals surface area contributed by atoms with Crippen LogP contribution in [0.1, 0.15) is 41.5 Å². The lowest BCUT2D eigenvalue weighted by Crippen LogP contribution is -2.32. The summed E-state index contributed by atoms with van der Waals surface area (Å²) in [5, 5.41) is 0. The molecule has 5 nitrogen and oxygen atoms in total. The van der Waals surface area contributed by atoms with Crippen LogP contribution in [0.15, 0.2) is 24.3 Å². The highest BCUT2D eigenvalue weighted by Crippen LogP contribution is 2.14. The molecule has 5 heteroatoms. The summed E-state index contributed by atoms with van der Waals surface area (Å²) < 4.78 is 4.74. The Kier molecular flexibility index (Phi) is 5.32. The summed E-state index contributed by atoms with van der Waals surface area (Å²) in [6.45, 7) is 4.28. The number of esters is 1. The van der Waals surface area contributed by atoms with Crippen LogP contribution in [0.25, 0.3) is 0 Å². The van der Waals surface area contributed by atoms with E-state index in [2.05, 4.69) is 0 Å². The van der Waals surface area contributed by atoms with Gasteiger partial charge in [-0.1, -0.05) is 24.3 Å². The van der Waals surface area contributed by atoms with Gasteiger partial charge in [-0.25, -0.2) is 0 Å². The fraction of sp³-hybridized carbons (Fsp3) is 0.333. The number of carbonyl (C=O) groups excluding carboxylic acids is 4. The second-order valence-corrected chi connectivity index (χ2v) is 4.29. The molecule has 0 aliphatic carbocycles. The van der Waals surface area contributed by atoms with Gasteiger partial charge in [-0.3, -0.25) is 19.2 Å². The predicted octanol–water partition coefficient (Wildman–Crippen LogP) is 1.84. The average Bonchev–Trinajstić information content (AvgIpc) is 2.38. The number of hydrogen-bond donors (Lipinski definition) is 0. The molecule has 0 fully saturated rings. The summed E-state index contributed by atoms with van der Waals surface area (Å²) in [5.74, 6) is -3.61. The molecule has 106 valence electrons. The molecule has 0 heterocycles. The summed E-state index contributed by atoms with van der Waals surface area (Å²) in [6.07, 6.45) is 0. The highest BCUT2D eigenvalue weighted by atomic mass is 16.5. The molecule has 1 aromatic rings. The van der Waals surface area contributed by atoms with Crippen LogP contribution in [0.4, 0.5) is 0 Å². The zero-order valence-electron chi connectivity index (χ0n) is 11.6. The minimum atomic E-state index is -1.45. The first-order chi connectivity index (χ1) is 9.38. The number of rotatable bonds is 6. The molecule has 0 radical (unpaired) electrons. The van der Waals surface area contributed by atoms with Crippen LogP contribution >= 0.6 is 0 Å². The monoisotopic (exact) mass is 276 g/mol. The Morgan fingerprint density at radius 3 is 1.90 bits per heavy atom. The van der Waals surface area contributed by atoms with E-state index >= 15 is 0 Å². The lowest BCUT2D eigenvalue weighted by Gasteiger charge is -2.11. The van der Waals surface area contributed by atoms with Gasteiger partial charge in [0.2, 0.25) is 0 Å². The van der Waals surface area contributed by atoms with E-state index in [0.717, 1.165) is 0 Å². The lowest BCUT2D eigenvalue weighted by molar-refractivity contribution is -0.148. The summed E-state index contributed by atoms with van der Waals surface area (Å²) in [4.78, 5) is 46.5. The quantitative estimate of drug-likeness (QED) is 0.450. The van der Waals surface area contributed by atoms with Crippen molar-refractivity contribution in [3.05, 3.63) is 35.4 Å². The molecule has 20 heavy (non-hydrogen) atoms. The summed E-state index contributed by atoms with van der Waals surface area (Å²) in [7, 11) is 0. The third-order valence-electron chi connectivity index (χ3n) is 2.77. The van der Waals surface area contributed by atoms with Crippen molar-refractivity contribution in [3.63, 3.8) is 0 Å². The normalized spacial score (nSPS) is 11.6. The summed E-state index contributed by atoms with van der Waals surface area (Å²) in [5.41, 5.74) is 0.653. The maximum absolute atomic E-state index is 12.2. The number of benzene rings is 1. The number of ketones is 3. The minimum absolute atomic E-state index is 0.0964. The van der Waals surface area contributed by atoms with Gasteiger partial charge in [0.25, 0.3) is 0 Å². The Bertz CT molecular complexity index is 542. The van der Waals surface area contributed by atoms with E-state index in [1.807, 2.05) is 0 Å². The molecule has 1 rings (SSSR count). The maximum Gasteiger partial charge on any atom is 0.324 e. The second-order valence-electron chi connectivity index (χ2n) is 4.29. The molecule has 1 unspecified atom stereocenters. The van der Waals surface area contributed by atoms with Crippen molar-refractivity contribution >= 4 is 23.3 Å². The van der Waals surface area contributed by atoms with Crippen molar-refractivity contribution in [3.8, 4) is 0 Å². The van der Waals surface area contributed by atoms with Gasteiger partial charge < -0.3 is 4.74 Å².